The van der Waals surface area contributed by atoms with E-state index < -0.39 is 0 Å². The molecule has 1 aromatic heterocycles. The molecule has 0 fully saturated rings. The predicted molar refractivity (Wildman–Crippen MR) is 237 cm³/mol. The lowest BCUT2D eigenvalue weighted by molar-refractivity contribution is 0.670. The van der Waals surface area contributed by atoms with Crippen LogP contribution in [0.2, 0.25) is 0 Å². The third-order valence-electron chi connectivity index (χ3n) is 11.2. The Kier molecular flexibility index (Phi) is 7.53. The maximum Gasteiger partial charge on any atom is 0.143 e. The van der Waals surface area contributed by atoms with Crippen molar-refractivity contribution >= 4 is 71.3 Å². The highest BCUT2D eigenvalue weighted by atomic mass is 16.3. The number of rotatable bonds is 6. The van der Waals surface area contributed by atoms with E-state index in [0.717, 1.165) is 50.1 Å². The number of hydrogen-bond donors (Lipinski definition) is 0. The summed E-state index contributed by atoms with van der Waals surface area (Å²) in [5.74, 6) is 0. The monoisotopic (exact) mass is 713 g/mol. The molecule has 0 saturated heterocycles. The van der Waals surface area contributed by atoms with Crippen molar-refractivity contribution in [2.45, 2.75) is 0 Å². The number of fused-ring (bicyclic) bond motifs is 8. The number of para-hydroxylation sites is 2. The summed E-state index contributed by atoms with van der Waals surface area (Å²) in [7, 11) is 0. The predicted octanol–water partition coefficient (Wildman–Crippen LogP) is 15.5. The third kappa shape index (κ3) is 5.34. The van der Waals surface area contributed by atoms with E-state index in [-0.39, 0.29) is 0 Å². The van der Waals surface area contributed by atoms with Crippen molar-refractivity contribution in [1.29, 1.82) is 0 Å². The number of hydrogen-bond acceptors (Lipinski definition) is 2. The van der Waals surface area contributed by atoms with E-state index in [2.05, 4.69) is 205 Å². The first-order valence-corrected chi connectivity index (χ1v) is 19.2. The maximum atomic E-state index is 6.49. The second kappa shape index (κ2) is 13.2. The van der Waals surface area contributed by atoms with Crippen LogP contribution in [-0.2, 0) is 0 Å². The van der Waals surface area contributed by atoms with Crippen molar-refractivity contribution < 1.29 is 4.42 Å². The van der Waals surface area contributed by atoms with Crippen LogP contribution >= 0.6 is 0 Å². The minimum atomic E-state index is 0.901. The quantitative estimate of drug-likeness (QED) is 0.160. The van der Waals surface area contributed by atoms with Gasteiger partial charge >= 0.3 is 0 Å². The largest absolute Gasteiger partial charge is 0.455 e. The maximum absolute atomic E-state index is 6.49. The lowest BCUT2D eigenvalue weighted by Crippen LogP contribution is -2.10. The average Bonchev–Trinajstić information content (AvgIpc) is 3.66. The van der Waals surface area contributed by atoms with Crippen molar-refractivity contribution in [3.05, 3.63) is 212 Å². The van der Waals surface area contributed by atoms with Crippen LogP contribution in [0.4, 0.5) is 17.1 Å². The summed E-state index contributed by atoms with van der Waals surface area (Å²) in [5, 5.41) is 9.85. The molecular weight excluding hydrogens is 679 g/mol. The van der Waals surface area contributed by atoms with Crippen molar-refractivity contribution in [1.82, 2.24) is 0 Å². The van der Waals surface area contributed by atoms with Gasteiger partial charge in [-0.05, 0) is 109 Å². The Morgan fingerprint density at radius 1 is 0.304 bits per heavy atom. The van der Waals surface area contributed by atoms with E-state index in [9.17, 15) is 0 Å². The van der Waals surface area contributed by atoms with E-state index in [0.29, 0.717) is 0 Å². The minimum Gasteiger partial charge on any atom is -0.455 e. The molecule has 0 N–H and O–H groups in total. The van der Waals surface area contributed by atoms with Gasteiger partial charge in [-0.1, -0.05) is 164 Å². The summed E-state index contributed by atoms with van der Waals surface area (Å²) in [4.78, 5) is 2.36. The Labute approximate surface area is 325 Å². The fourth-order valence-corrected chi connectivity index (χ4v) is 8.57. The zero-order valence-corrected chi connectivity index (χ0v) is 30.6. The molecular formula is C54H35NO. The van der Waals surface area contributed by atoms with Gasteiger partial charge in [-0.15, -0.1) is 0 Å². The van der Waals surface area contributed by atoms with Gasteiger partial charge in [0.2, 0.25) is 0 Å². The van der Waals surface area contributed by atoms with Gasteiger partial charge in [-0.2, -0.15) is 0 Å². The van der Waals surface area contributed by atoms with Crippen LogP contribution in [0, 0.1) is 0 Å². The lowest BCUT2D eigenvalue weighted by atomic mass is 9.90. The van der Waals surface area contributed by atoms with Crippen molar-refractivity contribution in [3.63, 3.8) is 0 Å². The van der Waals surface area contributed by atoms with Crippen LogP contribution in [0.15, 0.2) is 217 Å². The van der Waals surface area contributed by atoms with Gasteiger partial charge in [0.1, 0.15) is 11.2 Å². The summed E-state index contributed by atoms with van der Waals surface area (Å²) >= 11 is 0. The number of anilines is 3. The van der Waals surface area contributed by atoms with E-state index >= 15 is 0 Å². The molecule has 262 valence electrons. The van der Waals surface area contributed by atoms with E-state index in [4.69, 9.17) is 4.42 Å². The highest BCUT2D eigenvalue weighted by molar-refractivity contribution is 6.23. The van der Waals surface area contributed by atoms with Gasteiger partial charge < -0.3 is 9.32 Å². The summed E-state index contributed by atoms with van der Waals surface area (Å²) in [6.07, 6.45) is 0. The van der Waals surface area contributed by atoms with Crippen LogP contribution in [0.5, 0.6) is 0 Å². The van der Waals surface area contributed by atoms with Crippen molar-refractivity contribution in [3.8, 4) is 33.4 Å². The molecule has 0 bridgehead atoms. The zero-order chi connectivity index (χ0) is 37.0. The Morgan fingerprint density at radius 3 is 1.71 bits per heavy atom. The fourth-order valence-electron chi connectivity index (χ4n) is 8.57. The van der Waals surface area contributed by atoms with E-state index in [1.54, 1.807) is 0 Å². The molecule has 11 rings (SSSR count). The summed E-state index contributed by atoms with van der Waals surface area (Å²) in [5.41, 5.74) is 12.0. The minimum absolute atomic E-state index is 0.901. The molecule has 0 unspecified atom stereocenters. The lowest BCUT2D eigenvalue weighted by Gasteiger charge is -2.26. The second-order valence-corrected chi connectivity index (χ2v) is 14.5. The topological polar surface area (TPSA) is 16.4 Å². The number of furan rings is 1. The molecule has 0 aliphatic carbocycles. The molecule has 10 aromatic carbocycles. The normalized spacial score (nSPS) is 11.6. The first kappa shape index (κ1) is 32.0. The fraction of sp³-hybridized carbons (Fsp3) is 0. The van der Waals surface area contributed by atoms with Gasteiger partial charge in [0.25, 0.3) is 0 Å². The number of nitrogens with zero attached hydrogens (tertiary/aromatic N) is 1. The Morgan fingerprint density at radius 2 is 0.911 bits per heavy atom. The SMILES string of the molecule is c1ccc(-c2ccc(N(c3ccc(-c4cc5ccccc5c5ccc6ccccc6c45)cc3)c3cccc(-c4cccc5c4oc4ccccc45)c3)cc2)cc1. The standard InChI is InChI=1S/C54H35NO/c1-2-12-36(13-3-1)37-24-29-42(30-25-37)55(44-17-10-16-40(34-44)47-21-11-22-50-48-20-8-9-23-52(48)56-54(47)50)43-31-26-39(27-32-43)51-35-41-15-5-6-18-45(41)49-33-28-38-14-4-7-19-46(38)53(49)51/h1-35H. The Bertz CT molecular complexity index is 3230. The highest BCUT2D eigenvalue weighted by Crippen LogP contribution is 2.43. The molecule has 0 amide bonds. The molecule has 0 atom stereocenters. The molecule has 56 heavy (non-hydrogen) atoms. The van der Waals surface area contributed by atoms with Crippen molar-refractivity contribution in [2.75, 3.05) is 4.90 Å². The van der Waals surface area contributed by atoms with Crippen LogP contribution in [0.1, 0.15) is 0 Å². The van der Waals surface area contributed by atoms with Gasteiger partial charge in [-0.3, -0.25) is 0 Å². The summed E-state index contributed by atoms with van der Waals surface area (Å²) in [6, 6.07) is 76.4. The molecule has 1 heterocycles. The van der Waals surface area contributed by atoms with Gasteiger partial charge in [0.05, 0.1) is 0 Å². The third-order valence-corrected chi connectivity index (χ3v) is 11.2. The number of benzene rings is 10. The second-order valence-electron chi connectivity index (χ2n) is 14.5. The van der Waals surface area contributed by atoms with Gasteiger partial charge in [0, 0.05) is 33.4 Å². The molecule has 2 nitrogen and oxygen atoms in total. The van der Waals surface area contributed by atoms with Crippen LogP contribution < -0.4 is 4.90 Å². The molecule has 0 radical (unpaired) electrons. The Balaban J connectivity index is 1.07. The summed E-state index contributed by atoms with van der Waals surface area (Å²) < 4.78 is 6.49. The first-order chi connectivity index (χ1) is 27.8. The van der Waals surface area contributed by atoms with E-state index in [1.807, 2.05) is 12.1 Å². The zero-order valence-electron chi connectivity index (χ0n) is 30.6. The van der Waals surface area contributed by atoms with Crippen LogP contribution in [-0.4, -0.2) is 0 Å². The van der Waals surface area contributed by atoms with Crippen LogP contribution in [0.25, 0.3) is 87.6 Å². The average molecular weight is 714 g/mol. The summed E-state index contributed by atoms with van der Waals surface area (Å²) in [6.45, 7) is 0. The molecule has 0 aliphatic heterocycles. The van der Waals surface area contributed by atoms with Gasteiger partial charge in [0.15, 0.2) is 0 Å². The smallest absolute Gasteiger partial charge is 0.143 e. The van der Waals surface area contributed by atoms with E-state index in [1.165, 1.54) is 54.6 Å². The highest BCUT2D eigenvalue weighted by Gasteiger charge is 2.18. The Hall–Kier alpha value is -7.42. The first-order valence-electron chi connectivity index (χ1n) is 19.2. The molecule has 11 aromatic rings. The molecule has 0 aliphatic rings. The van der Waals surface area contributed by atoms with Gasteiger partial charge in [-0.25, -0.2) is 0 Å². The molecule has 0 spiro atoms. The van der Waals surface area contributed by atoms with Crippen molar-refractivity contribution in [2.24, 2.45) is 0 Å². The van der Waals surface area contributed by atoms with Crippen LogP contribution in [0.3, 0.4) is 0 Å². The molecule has 2 heteroatoms. The molecule has 0 saturated carbocycles.